The van der Waals surface area contributed by atoms with Crippen LogP contribution in [0.2, 0.25) is 0 Å². The van der Waals surface area contributed by atoms with E-state index in [-0.39, 0.29) is 19.1 Å². The molecule has 0 aliphatic carbocycles. The fourth-order valence-corrected chi connectivity index (χ4v) is 3.12. The number of ether oxygens (including phenoxy) is 1. The van der Waals surface area contributed by atoms with Crippen LogP contribution in [0, 0.1) is 0 Å². The normalized spacial score (nSPS) is 12.0. The molecule has 0 bridgehead atoms. The number of aliphatic carboxylic acids is 1. The maximum absolute atomic E-state index is 12.0. The molecule has 0 saturated carbocycles. The molecule has 140 valence electrons. The van der Waals surface area contributed by atoms with Gasteiger partial charge in [-0.3, -0.25) is 0 Å². The number of rotatable bonds is 7. The van der Waals surface area contributed by atoms with Gasteiger partial charge in [-0.1, -0.05) is 44.2 Å². The lowest BCUT2D eigenvalue weighted by Gasteiger charge is -2.18. The fraction of sp³-hybridized carbons (Fsp3) is 0.353. The third-order valence-electron chi connectivity index (χ3n) is 3.58. The van der Waals surface area contributed by atoms with Crippen molar-refractivity contribution in [2.45, 2.75) is 39.0 Å². The number of halogens is 2. The molecular weight excluding hydrogens is 470 g/mol. The standard InChI is InChI=1S/C17H19Br2N3O4/c1-10(2)15-21-13(18)14(19)22(15)8-12(16(23)24)20-17(25)26-9-11-6-4-3-5-7-11/h3-7,10,12H,8-9H2,1-2H3,(H,20,25)(H,23,24). The molecule has 0 aliphatic heterocycles. The van der Waals surface area contributed by atoms with E-state index in [1.807, 2.05) is 44.2 Å². The van der Waals surface area contributed by atoms with Crippen molar-refractivity contribution in [2.75, 3.05) is 0 Å². The summed E-state index contributed by atoms with van der Waals surface area (Å²) in [5.74, 6) is -0.375. The molecule has 9 heteroatoms. The molecule has 2 aromatic rings. The summed E-state index contributed by atoms with van der Waals surface area (Å²) in [6, 6.07) is 8.00. The number of carboxylic acids is 1. The third kappa shape index (κ3) is 5.31. The molecule has 2 rings (SSSR count). The van der Waals surface area contributed by atoms with Crippen molar-refractivity contribution >= 4 is 43.9 Å². The summed E-state index contributed by atoms with van der Waals surface area (Å²) in [6.45, 7) is 3.99. The number of nitrogens with one attached hydrogen (secondary N) is 1. The van der Waals surface area contributed by atoms with Crippen molar-refractivity contribution in [3.8, 4) is 0 Å². The Kier molecular flexibility index (Phi) is 7.22. The summed E-state index contributed by atoms with van der Waals surface area (Å²) < 4.78 is 8.01. The first-order valence-electron chi connectivity index (χ1n) is 7.91. The number of benzene rings is 1. The zero-order valence-electron chi connectivity index (χ0n) is 14.3. The Morgan fingerprint density at radius 2 is 1.92 bits per heavy atom. The Bertz CT molecular complexity index is 778. The van der Waals surface area contributed by atoms with Gasteiger partial charge < -0.3 is 19.7 Å². The number of carbonyl (C=O) groups excluding carboxylic acids is 1. The van der Waals surface area contributed by atoms with Crippen molar-refractivity contribution in [3.05, 3.63) is 50.9 Å². The molecule has 1 unspecified atom stereocenters. The van der Waals surface area contributed by atoms with Gasteiger partial charge in [-0.05, 0) is 37.4 Å². The number of hydrogen-bond acceptors (Lipinski definition) is 4. The van der Waals surface area contributed by atoms with Gasteiger partial charge in [0.15, 0.2) is 0 Å². The van der Waals surface area contributed by atoms with E-state index in [1.54, 1.807) is 4.57 Å². The topological polar surface area (TPSA) is 93.5 Å². The van der Waals surface area contributed by atoms with Gasteiger partial charge >= 0.3 is 12.1 Å². The monoisotopic (exact) mass is 487 g/mol. The van der Waals surface area contributed by atoms with Crippen LogP contribution < -0.4 is 5.32 Å². The molecule has 1 atom stereocenters. The number of aromatic nitrogens is 2. The van der Waals surface area contributed by atoms with Crippen LogP contribution in [0.3, 0.4) is 0 Å². The predicted molar refractivity (Wildman–Crippen MR) is 103 cm³/mol. The predicted octanol–water partition coefficient (Wildman–Crippen LogP) is 3.91. The molecule has 0 spiro atoms. The Balaban J connectivity index is 2.05. The lowest BCUT2D eigenvalue weighted by molar-refractivity contribution is -0.139. The van der Waals surface area contributed by atoms with Crippen LogP contribution in [0.1, 0.15) is 31.2 Å². The first-order valence-corrected chi connectivity index (χ1v) is 9.49. The molecule has 0 aliphatic rings. The van der Waals surface area contributed by atoms with Gasteiger partial charge in [-0.15, -0.1) is 0 Å². The molecule has 2 N–H and O–H groups in total. The summed E-state index contributed by atoms with van der Waals surface area (Å²) in [7, 11) is 0. The number of nitrogens with zero attached hydrogens (tertiary/aromatic N) is 2. The summed E-state index contributed by atoms with van der Waals surface area (Å²) in [5.41, 5.74) is 0.818. The zero-order valence-corrected chi connectivity index (χ0v) is 17.4. The molecular formula is C17H19Br2N3O4. The van der Waals surface area contributed by atoms with Gasteiger partial charge in [0.1, 0.15) is 27.7 Å². The number of imidazole rings is 1. The SMILES string of the molecule is CC(C)c1nc(Br)c(Br)n1CC(NC(=O)OCc1ccccc1)C(=O)O. The highest BCUT2D eigenvalue weighted by molar-refractivity contribution is 9.13. The van der Waals surface area contributed by atoms with Crippen LogP contribution in [0.4, 0.5) is 4.79 Å². The lowest BCUT2D eigenvalue weighted by atomic mass is 10.2. The van der Waals surface area contributed by atoms with Crippen LogP contribution >= 0.6 is 31.9 Å². The highest BCUT2D eigenvalue weighted by Crippen LogP contribution is 2.28. The van der Waals surface area contributed by atoms with Crippen molar-refractivity contribution < 1.29 is 19.4 Å². The van der Waals surface area contributed by atoms with Crippen LogP contribution in [0.25, 0.3) is 0 Å². The van der Waals surface area contributed by atoms with Crippen molar-refractivity contribution in [3.63, 3.8) is 0 Å². The van der Waals surface area contributed by atoms with E-state index in [2.05, 4.69) is 42.2 Å². The molecule has 26 heavy (non-hydrogen) atoms. The summed E-state index contributed by atoms with van der Waals surface area (Å²) in [6.07, 6.45) is -0.789. The van der Waals surface area contributed by atoms with Crippen molar-refractivity contribution in [1.82, 2.24) is 14.9 Å². The lowest BCUT2D eigenvalue weighted by Crippen LogP contribution is -2.44. The van der Waals surface area contributed by atoms with Crippen LogP contribution in [-0.2, 0) is 22.7 Å². The smallest absolute Gasteiger partial charge is 0.408 e. The minimum absolute atomic E-state index is 0.0163. The molecule has 1 aromatic carbocycles. The second kappa shape index (κ2) is 9.18. The van der Waals surface area contributed by atoms with Gasteiger partial charge in [0.05, 0.1) is 6.54 Å². The summed E-state index contributed by atoms with van der Waals surface area (Å²) in [5, 5.41) is 11.9. The van der Waals surface area contributed by atoms with Crippen LogP contribution in [-0.4, -0.2) is 32.8 Å². The van der Waals surface area contributed by atoms with E-state index in [9.17, 15) is 14.7 Å². The maximum atomic E-state index is 12.0. The minimum Gasteiger partial charge on any atom is -0.480 e. The van der Waals surface area contributed by atoms with Gasteiger partial charge in [0, 0.05) is 5.92 Å². The van der Waals surface area contributed by atoms with E-state index in [1.165, 1.54) is 0 Å². The molecule has 1 aromatic heterocycles. The first kappa shape index (κ1) is 20.4. The molecule has 7 nitrogen and oxygen atoms in total. The highest BCUT2D eigenvalue weighted by Gasteiger charge is 2.25. The maximum Gasteiger partial charge on any atom is 0.408 e. The van der Waals surface area contributed by atoms with E-state index in [4.69, 9.17) is 4.74 Å². The average molecular weight is 489 g/mol. The molecule has 0 radical (unpaired) electrons. The number of alkyl carbamates (subject to hydrolysis) is 1. The molecule has 1 heterocycles. The molecule has 1 amide bonds. The Morgan fingerprint density at radius 1 is 1.27 bits per heavy atom. The largest absolute Gasteiger partial charge is 0.480 e. The van der Waals surface area contributed by atoms with E-state index >= 15 is 0 Å². The highest BCUT2D eigenvalue weighted by atomic mass is 79.9. The van der Waals surface area contributed by atoms with Crippen molar-refractivity contribution in [1.29, 1.82) is 0 Å². The third-order valence-corrected chi connectivity index (χ3v) is 5.47. The van der Waals surface area contributed by atoms with E-state index < -0.39 is 18.1 Å². The van der Waals surface area contributed by atoms with Crippen LogP contribution in [0.15, 0.2) is 39.5 Å². The molecule has 0 saturated heterocycles. The number of carboxylic acid groups (broad SMARTS) is 1. The second-order valence-corrected chi connectivity index (χ2v) is 7.42. The summed E-state index contributed by atoms with van der Waals surface area (Å²) in [4.78, 5) is 27.9. The van der Waals surface area contributed by atoms with E-state index in [0.717, 1.165) is 5.56 Å². The van der Waals surface area contributed by atoms with Gasteiger partial charge in [-0.2, -0.15) is 0 Å². The van der Waals surface area contributed by atoms with E-state index in [0.29, 0.717) is 15.0 Å². The van der Waals surface area contributed by atoms with Crippen molar-refractivity contribution in [2.24, 2.45) is 0 Å². The zero-order chi connectivity index (χ0) is 19.3. The second-order valence-electron chi connectivity index (χ2n) is 5.91. The Hall–Kier alpha value is -1.87. The first-order chi connectivity index (χ1) is 12.3. The Labute approximate surface area is 168 Å². The molecule has 0 fully saturated rings. The number of hydrogen-bond donors (Lipinski definition) is 2. The van der Waals surface area contributed by atoms with Crippen LogP contribution in [0.5, 0.6) is 0 Å². The quantitative estimate of drug-likeness (QED) is 0.616. The Morgan fingerprint density at radius 3 is 2.50 bits per heavy atom. The average Bonchev–Trinajstić information content (AvgIpc) is 2.88. The van der Waals surface area contributed by atoms with Gasteiger partial charge in [0.2, 0.25) is 0 Å². The van der Waals surface area contributed by atoms with Gasteiger partial charge in [0.25, 0.3) is 0 Å². The number of carbonyl (C=O) groups is 2. The van der Waals surface area contributed by atoms with Gasteiger partial charge in [-0.25, -0.2) is 14.6 Å². The summed E-state index contributed by atoms with van der Waals surface area (Å²) >= 11 is 6.72. The number of amides is 1. The fourth-order valence-electron chi connectivity index (χ4n) is 2.31. The minimum atomic E-state index is -1.16.